The smallest absolute Gasteiger partial charge is 0.481 e. The highest BCUT2D eigenvalue weighted by Crippen LogP contribution is 2.61. The minimum atomic E-state index is -5.62. The number of nitrogens with two attached hydrogens (primary N) is 1. The van der Waals surface area contributed by atoms with Crippen molar-refractivity contribution in [3.05, 3.63) is 48.5 Å². The number of phosphoric acid groups is 3. The zero-order valence-electron chi connectivity index (χ0n) is 33.0. The van der Waals surface area contributed by atoms with Crippen LogP contribution < -0.4 is 16.4 Å². The quantitative estimate of drug-likeness (QED) is 0.0237. The third-order valence-electron chi connectivity index (χ3n) is 8.78. The number of phosphoric ester groups is 3. The van der Waals surface area contributed by atoms with Crippen LogP contribution in [0.15, 0.2) is 43.0 Å². The molecule has 0 aliphatic carbocycles. The lowest BCUT2D eigenvalue weighted by atomic mass is 9.87. The molecule has 63 heavy (non-hydrogen) atoms. The number of aliphatic carboxylic acids is 1. The van der Waals surface area contributed by atoms with Crippen LogP contribution in [0.25, 0.3) is 11.2 Å². The molecule has 11 N–H and O–H groups in total. The molecule has 1 aliphatic heterocycles. The lowest BCUT2D eigenvalue weighted by Crippen LogP contribution is -2.46. The van der Waals surface area contributed by atoms with Gasteiger partial charge in [0, 0.05) is 36.2 Å². The molecule has 0 saturated carbocycles. The Kier molecular flexibility index (Phi) is 17.8. The Morgan fingerprint density at radius 3 is 2.30 bits per heavy atom. The fourth-order valence-corrected chi connectivity index (χ4v) is 9.27. The summed E-state index contributed by atoms with van der Waals surface area (Å²) in [5, 5.41) is 34.8. The first-order chi connectivity index (χ1) is 29.3. The highest BCUT2D eigenvalue weighted by molar-refractivity contribution is 8.13. The van der Waals surface area contributed by atoms with E-state index in [0.717, 1.165) is 17.2 Å². The molecule has 2 aromatic heterocycles. The topological polar surface area (TPSA) is 418 Å². The summed E-state index contributed by atoms with van der Waals surface area (Å²) in [5.74, 6) is -5.16. The molecule has 1 aliphatic rings. The molecule has 3 heterocycles. The predicted molar refractivity (Wildman–Crippen MR) is 214 cm³/mol. The molecule has 27 nitrogen and oxygen atoms in total. The Hall–Kier alpha value is -4.08. The van der Waals surface area contributed by atoms with Gasteiger partial charge in [-0.1, -0.05) is 55.9 Å². The summed E-state index contributed by atoms with van der Waals surface area (Å²) in [4.78, 5) is 113. The summed E-state index contributed by atoms with van der Waals surface area (Å²) >= 11 is 0.659. The maximum Gasteiger partial charge on any atom is 0.481 e. The van der Waals surface area contributed by atoms with Crippen LogP contribution in [0.3, 0.4) is 0 Å². The van der Waals surface area contributed by atoms with E-state index >= 15 is 0 Å². The molecular formula is C32H44N7O20P3S. The molecule has 1 saturated heterocycles. The van der Waals surface area contributed by atoms with Gasteiger partial charge < -0.3 is 56.0 Å². The Bertz CT molecular complexity index is 2280. The van der Waals surface area contributed by atoms with Gasteiger partial charge in [0.1, 0.15) is 42.2 Å². The normalized spacial score (nSPS) is 20.9. The van der Waals surface area contributed by atoms with Crippen LogP contribution >= 0.6 is 35.2 Å². The molecule has 2 unspecified atom stereocenters. The second-order valence-corrected chi connectivity index (χ2v) is 19.5. The van der Waals surface area contributed by atoms with E-state index in [-0.39, 0.29) is 47.8 Å². The number of aliphatic hydroxyl groups excluding tert-OH is 2. The molecule has 0 bridgehead atoms. The number of carboxylic acids is 1. The van der Waals surface area contributed by atoms with E-state index in [4.69, 9.17) is 19.5 Å². The third kappa shape index (κ3) is 15.0. The number of carbonyl (C=O) groups is 5. The highest BCUT2D eigenvalue weighted by Gasteiger charge is 2.50. The lowest BCUT2D eigenvalue weighted by molar-refractivity contribution is -0.139. The minimum absolute atomic E-state index is 0.00949. The number of aromatic nitrogens is 4. The number of hydrogen-bond donors (Lipinski definition) is 10. The number of thioether (sulfide) groups is 1. The number of imidazole rings is 1. The number of amides is 2. The van der Waals surface area contributed by atoms with Crippen LogP contribution in [-0.4, -0.2) is 140 Å². The van der Waals surface area contributed by atoms with Crippen molar-refractivity contribution >= 4 is 80.9 Å². The third-order valence-corrected chi connectivity index (χ3v) is 12.9. The average molecular weight is 972 g/mol. The van der Waals surface area contributed by atoms with E-state index in [0.29, 0.717) is 11.8 Å². The number of nitrogens with zero attached hydrogens (tertiary/aromatic N) is 4. The maximum atomic E-state index is 12.7. The van der Waals surface area contributed by atoms with Gasteiger partial charge in [-0.2, -0.15) is 4.31 Å². The van der Waals surface area contributed by atoms with Gasteiger partial charge in [-0.3, -0.25) is 42.1 Å². The number of nitrogen functional groups attached to an aromatic ring is 1. The fraction of sp³-hybridized carbons (Fsp3) is 0.500. The predicted octanol–water partition coefficient (Wildman–Crippen LogP) is -0.361. The summed E-state index contributed by atoms with van der Waals surface area (Å²) in [6.07, 6.45) is -7.99. The molecule has 8 atom stereocenters. The van der Waals surface area contributed by atoms with Crippen molar-refractivity contribution < 1.29 is 95.2 Å². The van der Waals surface area contributed by atoms with Crippen LogP contribution in [0, 0.1) is 11.3 Å². The summed E-state index contributed by atoms with van der Waals surface area (Å²) in [6.45, 7) is -0.0734. The molecule has 3 aromatic rings. The van der Waals surface area contributed by atoms with E-state index in [1.54, 1.807) is 18.2 Å². The molecule has 0 spiro atoms. The molecule has 1 aromatic carbocycles. The number of carbonyl (C=O) groups excluding carboxylic acids is 4. The van der Waals surface area contributed by atoms with E-state index in [9.17, 15) is 72.6 Å². The van der Waals surface area contributed by atoms with E-state index < -0.39 is 114 Å². The number of rotatable bonds is 24. The number of benzene rings is 1. The Labute approximate surface area is 360 Å². The number of ether oxygens (including phenoxy) is 1. The summed E-state index contributed by atoms with van der Waals surface area (Å²) in [6, 6.07) is 7.69. The molecule has 4 rings (SSSR count). The zero-order chi connectivity index (χ0) is 46.9. The monoisotopic (exact) mass is 971 g/mol. The molecule has 1 fully saturated rings. The van der Waals surface area contributed by atoms with Crippen molar-refractivity contribution in [2.24, 2.45) is 11.3 Å². The number of aliphatic hydroxyl groups is 2. The fourth-order valence-electron chi connectivity index (χ4n) is 5.64. The van der Waals surface area contributed by atoms with Gasteiger partial charge in [-0.15, -0.1) is 0 Å². The van der Waals surface area contributed by atoms with Crippen LogP contribution in [0.2, 0.25) is 0 Å². The van der Waals surface area contributed by atoms with Gasteiger partial charge in [-0.25, -0.2) is 28.6 Å². The number of hydrogen-bond acceptors (Lipinski definition) is 20. The molecule has 2 amide bonds. The Morgan fingerprint density at radius 2 is 1.65 bits per heavy atom. The maximum absolute atomic E-state index is 12.7. The van der Waals surface area contributed by atoms with Crippen molar-refractivity contribution in [2.45, 2.75) is 57.3 Å². The second-order valence-electron chi connectivity index (χ2n) is 14.1. The number of carboxylic acid groups (broad SMARTS) is 1. The summed E-state index contributed by atoms with van der Waals surface area (Å²) in [5.41, 5.74) is 4.32. The molecule has 31 heteroatoms. The van der Waals surface area contributed by atoms with Crippen molar-refractivity contribution in [2.75, 3.05) is 37.8 Å². The largest absolute Gasteiger partial charge is 0.481 e. The minimum Gasteiger partial charge on any atom is -0.481 e. The molecule has 0 radical (unpaired) electrons. The van der Waals surface area contributed by atoms with Gasteiger partial charge in [-0.05, 0) is 0 Å². The molecular weight excluding hydrogens is 927 g/mol. The first-order valence-electron chi connectivity index (χ1n) is 18.2. The van der Waals surface area contributed by atoms with Crippen molar-refractivity contribution in [1.29, 1.82) is 0 Å². The van der Waals surface area contributed by atoms with Crippen molar-refractivity contribution in [3.63, 3.8) is 0 Å². The first-order valence-corrected chi connectivity index (χ1v) is 23.7. The second kappa shape index (κ2) is 21.7. The summed E-state index contributed by atoms with van der Waals surface area (Å²) in [7, 11) is -16.5. The summed E-state index contributed by atoms with van der Waals surface area (Å²) < 4.78 is 62.2. The van der Waals surface area contributed by atoms with Gasteiger partial charge in [0.15, 0.2) is 28.6 Å². The number of nitrogens with one attached hydrogen (secondary N) is 2. The first kappa shape index (κ1) is 51.6. The Balaban J connectivity index is 1.21. The van der Waals surface area contributed by atoms with E-state index in [1.165, 1.54) is 26.0 Å². The van der Waals surface area contributed by atoms with Gasteiger partial charge in [0.25, 0.3) is 0 Å². The van der Waals surface area contributed by atoms with Crippen molar-refractivity contribution in [1.82, 2.24) is 30.2 Å². The van der Waals surface area contributed by atoms with Crippen LogP contribution in [0.1, 0.15) is 43.3 Å². The average Bonchev–Trinajstić information content (AvgIpc) is 3.76. The number of anilines is 1. The van der Waals surface area contributed by atoms with E-state index in [1.807, 2.05) is 0 Å². The van der Waals surface area contributed by atoms with Crippen molar-refractivity contribution in [3.8, 4) is 0 Å². The lowest BCUT2D eigenvalue weighted by Gasteiger charge is -2.30. The highest BCUT2D eigenvalue weighted by atomic mass is 32.2. The zero-order valence-corrected chi connectivity index (χ0v) is 36.5. The number of Topliss-reactive ketones (excluding diaryl/α,β-unsaturated/α-hetero) is 1. The van der Waals surface area contributed by atoms with Gasteiger partial charge >= 0.3 is 29.4 Å². The Morgan fingerprint density at radius 1 is 0.984 bits per heavy atom. The standard InChI is InChI=1S/C32H44N7O20P3S/c1-32(2,26(45)29(46)35-9-8-20(40)34-10-11-63-31(47)18(12-21(41)42)23(43)17-6-4-3-5-7-17)14-56-62(53,54)59-61(51,52)55-13-19-25(58-60(48,49)50)24(44)30(57-19)39-16-38-22-27(33)36-15-37-28(22)39/h3-7,15-16,18-19,24-26,30,44-45H,8-14H2,1-2H3,(H,34,40)(H,35,46)(H,41,42)(H,51,52)(H,53,54)(H2,33,36,37)(H2,48,49,50)/t18-,19+,24+,25+,26-,30+/m0/s1. The number of fused-ring (bicyclic) bond motifs is 1. The van der Waals surface area contributed by atoms with Gasteiger partial charge in [0.05, 0.1) is 26.0 Å². The van der Waals surface area contributed by atoms with Gasteiger partial charge in [0.2, 0.25) is 11.8 Å². The number of ketones is 1. The van der Waals surface area contributed by atoms with Crippen LogP contribution in [0.4, 0.5) is 5.82 Å². The van der Waals surface area contributed by atoms with E-state index in [2.05, 4.69) is 34.4 Å². The van der Waals surface area contributed by atoms with Crippen LogP contribution in [-0.2, 0) is 55.5 Å². The SMILES string of the molecule is CC(C)(COP(=O)(O)OP(=O)(O)OC[C@H]1O[C@@H](n2cnc3c(N)ncnc32)[C@H](O)[C@@H]1OP(=O)(O)O)[C@@H](O)C(=O)NCCC(=O)NCCSC(=O)[C@@H](CC(=O)O)C(=O)c1ccccc1. The van der Waals surface area contributed by atoms with Crippen LogP contribution in [0.5, 0.6) is 0 Å². The molecule has 348 valence electrons.